The van der Waals surface area contributed by atoms with Crippen LogP contribution in [0.5, 0.6) is 0 Å². The van der Waals surface area contributed by atoms with Gasteiger partial charge in [-0.05, 0) is 12.1 Å². The Balaban J connectivity index is 2.78. The van der Waals surface area contributed by atoms with Gasteiger partial charge in [0.05, 0.1) is 0 Å². The molecular formula is C8H4NOS. The van der Waals surface area contributed by atoms with E-state index in [1.54, 1.807) is 0 Å². The van der Waals surface area contributed by atoms with Crippen LogP contribution >= 0.6 is 12.2 Å². The Bertz CT molecular complexity index is 361. The van der Waals surface area contributed by atoms with Gasteiger partial charge < -0.3 is 4.42 Å². The van der Waals surface area contributed by atoms with E-state index in [-0.39, 0.29) is 0 Å². The molecule has 0 fully saturated rings. The van der Waals surface area contributed by atoms with Gasteiger partial charge in [-0.3, -0.25) is 0 Å². The molecule has 0 bridgehead atoms. The molecule has 2 aromatic rings. The molecule has 1 radical (unpaired) electrons. The van der Waals surface area contributed by atoms with Crippen LogP contribution in [0.1, 0.15) is 5.89 Å². The maximum atomic E-state index is 5.19. The highest BCUT2D eigenvalue weighted by atomic mass is 32.1. The normalized spacial score (nSPS) is 10.2. The van der Waals surface area contributed by atoms with Crippen molar-refractivity contribution in [3.05, 3.63) is 30.2 Å². The number of rotatable bonds is 1. The van der Waals surface area contributed by atoms with E-state index in [2.05, 4.69) is 22.6 Å². The summed E-state index contributed by atoms with van der Waals surface area (Å²) in [5, 5.41) is 2.42. The predicted molar refractivity (Wildman–Crippen MR) is 45.7 cm³/mol. The molecule has 0 unspecified atom stereocenters. The zero-order valence-electron chi connectivity index (χ0n) is 5.57. The fourth-order valence-electron chi connectivity index (χ4n) is 0.916. The minimum atomic E-state index is 0.376. The molecule has 3 heteroatoms. The Morgan fingerprint density at radius 2 is 2.18 bits per heavy atom. The molecule has 2 rings (SSSR count). The summed E-state index contributed by atoms with van der Waals surface area (Å²) in [4.78, 5) is 4.05. The topological polar surface area (TPSA) is 26.0 Å². The van der Waals surface area contributed by atoms with Gasteiger partial charge in [-0.25, -0.2) is 4.98 Å². The molecule has 0 aliphatic rings. The second-order valence-electron chi connectivity index (χ2n) is 2.09. The minimum Gasteiger partial charge on any atom is -0.435 e. The quantitative estimate of drug-likeness (QED) is 0.600. The summed E-state index contributed by atoms with van der Waals surface area (Å²) in [5.74, 6) is 0.376. The van der Waals surface area contributed by atoms with Crippen molar-refractivity contribution in [1.29, 1.82) is 0 Å². The van der Waals surface area contributed by atoms with Crippen molar-refractivity contribution in [2.45, 2.75) is 0 Å². The first-order valence-corrected chi connectivity index (χ1v) is 3.55. The molecule has 1 heterocycles. The monoisotopic (exact) mass is 162 g/mol. The Labute approximate surface area is 68.9 Å². The van der Waals surface area contributed by atoms with E-state index in [0.717, 1.165) is 11.1 Å². The molecule has 2 nitrogen and oxygen atoms in total. The Hall–Kier alpha value is -1.22. The van der Waals surface area contributed by atoms with Crippen LogP contribution in [0, 0.1) is 0 Å². The molecule has 53 valence electrons. The van der Waals surface area contributed by atoms with Gasteiger partial charge in [-0.1, -0.05) is 24.4 Å². The number of para-hydroxylation sites is 2. The first-order chi connectivity index (χ1) is 5.40. The van der Waals surface area contributed by atoms with Crippen molar-refractivity contribution in [1.82, 2.24) is 4.98 Å². The van der Waals surface area contributed by atoms with Gasteiger partial charge in [0.25, 0.3) is 0 Å². The van der Waals surface area contributed by atoms with Gasteiger partial charge in [-0.15, -0.1) is 0 Å². The van der Waals surface area contributed by atoms with Gasteiger partial charge in [0.2, 0.25) is 5.89 Å². The number of hydrogen-bond donors (Lipinski definition) is 0. The Morgan fingerprint density at radius 1 is 1.36 bits per heavy atom. The molecule has 11 heavy (non-hydrogen) atoms. The lowest BCUT2D eigenvalue weighted by molar-refractivity contribution is 0.595. The molecule has 0 saturated carbocycles. The molecule has 0 aliphatic heterocycles. The maximum Gasteiger partial charge on any atom is 0.240 e. The maximum absolute atomic E-state index is 5.19. The van der Waals surface area contributed by atoms with Crippen molar-refractivity contribution in [3.63, 3.8) is 0 Å². The van der Waals surface area contributed by atoms with Crippen LogP contribution in [0.2, 0.25) is 0 Å². The van der Waals surface area contributed by atoms with E-state index in [4.69, 9.17) is 4.42 Å². The van der Waals surface area contributed by atoms with E-state index in [1.807, 2.05) is 24.3 Å². The molecule has 0 aliphatic carbocycles. The van der Waals surface area contributed by atoms with E-state index in [9.17, 15) is 0 Å². The number of fused-ring (bicyclic) bond motifs is 1. The standard InChI is InChI=1S/C8H4NOS/c11-5-8-9-6-3-1-2-4-7(6)10-8/h1-4H. The van der Waals surface area contributed by atoms with Crippen molar-refractivity contribution < 1.29 is 4.42 Å². The van der Waals surface area contributed by atoms with Crippen LogP contribution in [0.3, 0.4) is 0 Å². The number of benzene rings is 1. The summed E-state index contributed by atoms with van der Waals surface area (Å²) in [5.41, 5.74) is 1.57. The molecule has 0 N–H and O–H groups in total. The molecular weight excluding hydrogens is 158 g/mol. The van der Waals surface area contributed by atoms with Gasteiger partial charge in [0.15, 0.2) is 5.58 Å². The van der Waals surface area contributed by atoms with Crippen LogP contribution < -0.4 is 0 Å². The first kappa shape index (κ1) is 6.49. The number of nitrogens with zero attached hydrogens (tertiary/aromatic N) is 1. The fraction of sp³-hybridized carbons (Fsp3) is 0. The summed E-state index contributed by atoms with van der Waals surface area (Å²) >= 11 is 4.55. The van der Waals surface area contributed by atoms with Crippen LogP contribution in [0.25, 0.3) is 11.1 Å². The lowest BCUT2D eigenvalue weighted by Gasteiger charge is -1.79. The van der Waals surface area contributed by atoms with Crippen molar-refractivity contribution >= 4 is 28.7 Å². The fourth-order valence-corrected chi connectivity index (χ4v) is 1.00. The van der Waals surface area contributed by atoms with Crippen molar-refractivity contribution in [2.24, 2.45) is 0 Å². The van der Waals surface area contributed by atoms with Gasteiger partial charge in [0, 0.05) is 0 Å². The van der Waals surface area contributed by atoms with Gasteiger partial charge >= 0.3 is 0 Å². The Morgan fingerprint density at radius 3 is 2.91 bits per heavy atom. The average molecular weight is 162 g/mol. The summed E-state index contributed by atoms with van der Waals surface area (Å²) in [6.07, 6.45) is 0. The lowest BCUT2D eigenvalue weighted by atomic mass is 10.3. The summed E-state index contributed by atoms with van der Waals surface area (Å²) in [7, 11) is 0. The molecule has 0 spiro atoms. The molecule has 0 atom stereocenters. The molecule has 0 saturated heterocycles. The highest BCUT2D eigenvalue weighted by Gasteiger charge is 2.00. The van der Waals surface area contributed by atoms with Gasteiger partial charge in [0.1, 0.15) is 10.9 Å². The third-order valence-corrected chi connectivity index (χ3v) is 1.56. The summed E-state index contributed by atoms with van der Waals surface area (Å²) < 4.78 is 5.19. The third-order valence-electron chi connectivity index (χ3n) is 1.38. The number of oxazole rings is 1. The van der Waals surface area contributed by atoms with E-state index >= 15 is 0 Å². The van der Waals surface area contributed by atoms with E-state index in [1.165, 1.54) is 0 Å². The van der Waals surface area contributed by atoms with Crippen LogP contribution in [-0.4, -0.2) is 10.4 Å². The van der Waals surface area contributed by atoms with E-state index < -0.39 is 0 Å². The number of hydrogen-bond acceptors (Lipinski definition) is 3. The summed E-state index contributed by atoms with van der Waals surface area (Å²) in [6, 6.07) is 7.51. The molecule has 1 aromatic carbocycles. The second kappa shape index (κ2) is 2.43. The zero-order chi connectivity index (χ0) is 7.68. The minimum absolute atomic E-state index is 0.376. The van der Waals surface area contributed by atoms with Gasteiger partial charge in [-0.2, -0.15) is 0 Å². The number of thiocarbonyl (C=S) groups is 1. The molecule has 1 aromatic heterocycles. The van der Waals surface area contributed by atoms with E-state index in [0.29, 0.717) is 5.89 Å². The Kier molecular flexibility index (Phi) is 1.43. The SMILES string of the molecule is S=[C]c1nc2ccccc2o1. The second-order valence-corrected chi connectivity index (χ2v) is 2.29. The van der Waals surface area contributed by atoms with Crippen LogP contribution in [-0.2, 0) is 0 Å². The van der Waals surface area contributed by atoms with Crippen molar-refractivity contribution in [3.8, 4) is 0 Å². The zero-order valence-corrected chi connectivity index (χ0v) is 6.39. The lowest BCUT2D eigenvalue weighted by Crippen LogP contribution is -1.72. The van der Waals surface area contributed by atoms with Crippen molar-refractivity contribution in [2.75, 3.05) is 0 Å². The molecule has 0 amide bonds. The average Bonchev–Trinajstić information content (AvgIpc) is 2.46. The predicted octanol–water partition coefficient (Wildman–Crippen LogP) is 2.05. The van der Waals surface area contributed by atoms with Crippen LogP contribution in [0.4, 0.5) is 0 Å². The highest BCUT2D eigenvalue weighted by Crippen LogP contribution is 2.12. The number of aromatic nitrogens is 1. The summed E-state index contributed by atoms with van der Waals surface area (Å²) in [6.45, 7) is 0. The largest absolute Gasteiger partial charge is 0.435 e. The third kappa shape index (κ3) is 1.03. The highest BCUT2D eigenvalue weighted by molar-refractivity contribution is 7.79. The first-order valence-electron chi connectivity index (χ1n) is 3.14. The van der Waals surface area contributed by atoms with Crippen LogP contribution in [0.15, 0.2) is 28.7 Å². The smallest absolute Gasteiger partial charge is 0.240 e.